The third-order valence-electron chi connectivity index (χ3n) is 5.26. The summed E-state index contributed by atoms with van der Waals surface area (Å²) in [7, 11) is 0. The molecule has 0 aliphatic heterocycles. The van der Waals surface area contributed by atoms with E-state index in [1.165, 1.54) is 0 Å². The molecule has 0 radical (unpaired) electrons. The van der Waals surface area contributed by atoms with Crippen LogP contribution in [-0.4, -0.2) is 36.3 Å². The Kier molecular flexibility index (Phi) is 8.58. The van der Waals surface area contributed by atoms with Crippen molar-refractivity contribution in [2.24, 2.45) is 0 Å². The predicted molar refractivity (Wildman–Crippen MR) is 129 cm³/mol. The van der Waals surface area contributed by atoms with Gasteiger partial charge in [-0.2, -0.15) is 0 Å². The van der Waals surface area contributed by atoms with Crippen LogP contribution in [-0.2, 0) is 9.59 Å². The van der Waals surface area contributed by atoms with Gasteiger partial charge in [-0.3, -0.25) is 14.5 Å². The molecule has 5 heteroatoms. The topological polar surface area (TPSA) is 61.4 Å². The summed E-state index contributed by atoms with van der Waals surface area (Å²) in [5, 5.41) is 6.11. The van der Waals surface area contributed by atoms with E-state index < -0.39 is 0 Å². The summed E-state index contributed by atoms with van der Waals surface area (Å²) in [6.45, 7) is 4.99. The zero-order valence-electron chi connectivity index (χ0n) is 18.8. The molecule has 0 aromatic heterocycles. The van der Waals surface area contributed by atoms with Gasteiger partial charge in [0.25, 0.3) is 0 Å². The van der Waals surface area contributed by atoms with Crippen molar-refractivity contribution in [3.05, 3.63) is 102 Å². The normalized spacial score (nSPS) is 10.9. The van der Waals surface area contributed by atoms with E-state index in [-0.39, 0.29) is 30.9 Å². The summed E-state index contributed by atoms with van der Waals surface area (Å²) < 4.78 is 0. The molecule has 0 fully saturated rings. The molecule has 0 bridgehead atoms. The molecule has 0 atom stereocenters. The number of hydrogen-bond acceptors (Lipinski definition) is 3. The van der Waals surface area contributed by atoms with E-state index in [2.05, 4.69) is 10.6 Å². The van der Waals surface area contributed by atoms with E-state index >= 15 is 0 Å². The van der Waals surface area contributed by atoms with Crippen molar-refractivity contribution in [1.29, 1.82) is 0 Å². The van der Waals surface area contributed by atoms with E-state index in [1.54, 1.807) is 0 Å². The fourth-order valence-electron chi connectivity index (χ4n) is 3.70. The van der Waals surface area contributed by atoms with E-state index in [4.69, 9.17) is 0 Å². The number of anilines is 1. The smallest absolute Gasteiger partial charge is 0.238 e. The SMILES string of the molecule is CCCN(CC(=O)Nc1ccccc1C)CC(=O)NC(c1ccccc1)c1ccccc1. The van der Waals surface area contributed by atoms with Crippen LogP contribution in [0.4, 0.5) is 5.69 Å². The average molecular weight is 430 g/mol. The molecule has 3 aromatic carbocycles. The average Bonchev–Trinajstić information content (AvgIpc) is 2.80. The van der Waals surface area contributed by atoms with Crippen LogP contribution in [0.2, 0.25) is 0 Å². The number of amides is 2. The zero-order chi connectivity index (χ0) is 22.8. The molecule has 2 amide bonds. The van der Waals surface area contributed by atoms with E-state index in [1.807, 2.05) is 104 Å². The highest BCUT2D eigenvalue weighted by atomic mass is 16.2. The lowest BCUT2D eigenvalue weighted by molar-refractivity contribution is -0.123. The summed E-state index contributed by atoms with van der Waals surface area (Å²) in [4.78, 5) is 27.5. The maximum absolute atomic E-state index is 13.0. The second kappa shape index (κ2) is 11.8. The highest BCUT2D eigenvalue weighted by Crippen LogP contribution is 2.21. The molecular formula is C27H31N3O2. The minimum Gasteiger partial charge on any atom is -0.344 e. The first-order valence-electron chi connectivity index (χ1n) is 11.0. The lowest BCUT2D eigenvalue weighted by Gasteiger charge is -2.24. The molecule has 5 nitrogen and oxygen atoms in total. The lowest BCUT2D eigenvalue weighted by Crippen LogP contribution is -2.42. The molecule has 0 unspecified atom stereocenters. The molecule has 166 valence electrons. The molecule has 0 saturated heterocycles. The molecule has 2 N–H and O–H groups in total. The quantitative estimate of drug-likeness (QED) is 0.497. The van der Waals surface area contributed by atoms with Crippen LogP contribution in [0.5, 0.6) is 0 Å². The number of para-hydroxylation sites is 1. The van der Waals surface area contributed by atoms with Gasteiger partial charge in [-0.25, -0.2) is 0 Å². The van der Waals surface area contributed by atoms with Crippen LogP contribution in [0.25, 0.3) is 0 Å². The van der Waals surface area contributed by atoms with Crippen molar-refractivity contribution in [2.45, 2.75) is 26.3 Å². The number of hydrogen-bond donors (Lipinski definition) is 2. The molecule has 32 heavy (non-hydrogen) atoms. The summed E-state index contributed by atoms with van der Waals surface area (Å²) in [6, 6.07) is 27.3. The summed E-state index contributed by atoms with van der Waals surface area (Å²) in [5.74, 6) is -0.233. The Bertz CT molecular complexity index is 966. The Morgan fingerprint density at radius 1 is 0.781 bits per heavy atom. The highest BCUT2D eigenvalue weighted by Gasteiger charge is 2.19. The number of aryl methyl sites for hydroxylation is 1. The third-order valence-corrected chi connectivity index (χ3v) is 5.26. The first kappa shape index (κ1) is 23.2. The number of carbonyl (C=O) groups is 2. The van der Waals surface area contributed by atoms with Gasteiger partial charge >= 0.3 is 0 Å². The van der Waals surface area contributed by atoms with Crippen molar-refractivity contribution >= 4 is 17.5 Å². The number of nitrogens with one attached hydrogen (secondary N) is 2. The molecule has 0 heterocycles. The highest BCUT2D eigenvalue weighted by molar-refractivity contribution is 5.93. The molecule has 0 aliphatic carbocycles. The Morgan fingerprint density at radius 3 is 1.88 bits per heavy atom. The number of carbonyl (C=O) groups excluding carboxylic acids is 2. The zero-order valence-corrected chi connectivity index (χ0v) is 18.8. The summed E-state index contributed by atoms with van der Waals surface area (Å²) in [6.07, 6.45) is 0.853. The Labute approximate surface area is 190 Å². The van der Waals surface area contributed by atoms with Gasteiger partial charge in [-0.1, -0.05) is 85.8 Å². The molecule has 0 spiro atoms. The number of benzene rings is 3. The number of rotatable bonds is 10. The van der Waals surface area contributed by atoms with Gasteiger partial charge in [0.05, 0.1) is 19.1 Å². The first-order valence-corrected chi connectivity index (χ1v) is 11.0. The van der Waals surface area contributed by atoms with Gasteiger partial charge in [0.1, 0.15) is 0 Å². The van der Waals surface area contributed by atoms with Crippen LogP contribution in [0.15, 0.2) is 84.9 Å². The monoisotopic (exact) mass is 429 g/mol. The maximum atomic E-state index is 13.0. The molecule has 3 rings (SSSR count). The standard InChI is InChI=1S/C27H31N3O2/c1-3-18-30(19-25(31)28-24-17-11-10-12-21(24)2)20-26(32)29-27(22-13-6-4-7-14-22)23-15-8-5-9-16-23/h4-17,27H,3,18-20H2,1-2H3,(H,28,31)(H,29,32). The molecule has 0 aliphatic rings. The minimum atomic E-state index is -0.242. The van der Waals surface area contributed by atoms with Crippen molar-refractivity contribution in [2.75, 3.05) is 25.0 Å². The van der Waals surface area contributed by atoms with Crippen LogP contribution in [0, 0.1) is 6.92 Å². The van der Waals surface area contributed by atoms with Crippen LogP contribution in [0.3, 0.4) is 0 Å². The van der Waals surface area contributed by atoms with Gasteiger partial charge in [0.2, 0.25) is 11.8 Å². The van der Waals surface area contributed by atoms with Gasteiger partial charge < -0.3 is 10.6 Å². The van der Waals surface area contributed by atoms with Crippen molar-refractivity contribution in [3.8, 4) is 0 Å². The third kappa shape index (κ3) is 6.79. The van der Waals surface area contributed by atoms with Gasteiger partial charge in [-0.05, 0) is 42.6 Å². The molecule has 3 aromatic rings. The number of nitrogens with zero attached hydrogens (tertiary/aromatic N) is 1. The van der Waals surface area contributed by atoms with Crippen LogP contribution < -0.4 is 10.6 Å². The van der Waals surface area contributed by atoms with E-state index in [0.717, 1.165) is 28.8 Å². The second-order valence-corrected chi connectivity index (χ2v) is 7.90. The molecule has 0 saturated carbocycles. The van der Waals surface area contributed by atoms with E-state index in [0.29, 0.717) is 6.54 Å². The van der Waals surface area contributed by atoms with Gasteiger partial charge in [0, 0.05) is 5.69 Å². The predicted octanol–water partition coefficient (Wildman–Crippen LogP) is 4.55. The Hall–Kier alpha value is -3.44. The van der Waals surface area contributed by atoms with Crippen LogP contribution >= 0.6 is 0 Å². The maximum Gasteiger partial charge on any atom is 0.238 e. The second-order valence-electron chi connectivity index (χ2n) is 7.90. The summed E-state index contributed by atoms with van der Waals surface area (Å²) >= 11 is 0. The van der Waals surface area contributed by atoms with Gasteiger partial charge in [-0.15, -0.1) is 0 Å². The van der Waals surface area contributed by atoms with Crippen molar-refractivity contribution < 1.29 is 9.59 Å². The largest absolute Gasteiger partial charge is 0.344 e. The first-order chi connectivity index (χ1) is 15.6. The molecular weight excluding hydrogens is 398 g/mol. The Balaban J connectivity index is 1.66. The Morgan fingerprint density at radius 2 is 1.31 bits per heavy atom. The van der Waals surface area contributed by atoms with Crippen molar-refractivity contribution in [3.63, 3.8) is 0 Å². The van der Waals surface area contributed by atoms with Gasteiger partial charge in [0.15, 0.2) is 0 Å². The summed E-state index contributed by atoms with van der Waals surface area (Å²) in [5.41, 5.74) is 3.85. The van der Waals surface area contributed by atoms with Crippen molar-refractivity contribution in [1.82, 2.24) is 10.2 Å². The lowest BCUT2D eigenvalue weighted by atomic mass is 9.99. The fraction of sp³-hybridized carbons (Fsp3) is 0.259. The van der Waals surface area contributed by atoms with E-state index in [9.17, 15) is 9.59 Å². The van der Waals surface area contributed by atoms with Crippen LogP contribution in [0.1, 0.15) is 36.1 Å². The fourth-order valence-corrected chi connectivity index (χ4v) is 3.70. The minimum absolute atomic E-state index is 0.111.